The van der Waals surface area contributed by atoms with Crippen molar-refractivity contribution < 1.29 is 9.90 Å². The highest BCUT2D eigenvalue weighted by atomic mass is 35.5. The summed E-state index contributed by atoms with van der Waals surface area (Å²) in [6.45, 7) is 5.07. The highest BCUT2D eigenvalue weighted by Gasteiger charge is 2.14. The van der Waals surface area contributed by atoms with Crippen LogP contribution in [0.4, 0.5) is 5.69 Å². The minimum Gasteiger partial charge on any atom is -0.480 e. The van der Waals surface area contributed by atoms with Crippen molar-refractivity contribution in [3.8, 4) is 0 Å². The number of carboxylic acids is 1. The summed E-state index contributed by atoms with van der Waals surface area (Å²) in [4.78, 5) is 12.9. The Labute approximate surface area is 128 Å². The van der Waals surface area contributed by atoms with E-state index in [1.807, 2.05) is 36.7 Å². The molecule has 2 aromatic rings. The molecule has 1 heterocycles. The number of aromatic nitrogens is 2. The Hall–Kier alpha value is -2.01. The Morgan fingerprint density at radius 2 is 2.19 bits per heavy atom. The molecule has 0 bridgehead atoms. The van der Waals surface area contributed by atoms with Gasteiger partial charge in [0.1, 0.15) is 6.54 Å². The van der Waals surface area contributed by atoms with Gasteiger partial charge in [0.25, 0.3) is 0 Å². The molecule has 21 heavy (non-hydrogen) atoms. The summed E-state index contributed by atoms with van der Waals surface area (Å²) in [6, 6.07) is 9.18. The molecule has 112 valence electrons. The third kappa shape index (κ3) is 3.98. The van der Waals surface area contributed by atoms with Crippen LogP contribution in [0, 0.1) is 6.92 Å². The molecule has 0 amide bonds. The van der Waals surface area contributed by atoms with Crippen LogP contribution in [-0.4, -0.2) is 27.4 Å². The van der Waals surface area contributed by atoms with Crippen molar-refractivity contribution in [1.29, 1.82) is 0 Å². The second kappa shape index (κ2) is 6.63. The number of halogens is 1. The van der Waals surface area contributed by atoms with Gasteiger partial charge in [0, 0.05) is 17.3 Å². The summed E-state index contributed by atoms with van der Waals surface area (Å²) in [5, 5.41) is 14.1. The Kier molecular flexibility index (Phi) is 4.85. The lowest BCUT2D eigenvalue weighted by Gasteiger charge is -2.23. The topological polar surface area (TPSA) is 58.4 Å². The number of nitrogens with zero attached hydrogens (tertiary/aromatic N) is 3. The number of aliphatic carboxylic acids is 1. The van der Waals surface area contributed by atoms with Gasteiger partial charge >= 0.3 is 5.97 Å². The summed E-state index contributed by atoms with van der Waals surface area (Å²) in [6.07, 6.45) is 0. The lowest BCUT2D eigenvalue weighted by Crippen LogP contribution is -2.30. The van der Waals surface area contributed by atoms with Crippen molar-refractivity contribution in [2.45, 2.75) is 26.9 Å². The summed E-state index contributed by atoms with van der Waals surface area (Å²) >= 11 is 6.00. The molecule has 0 saturated heterocycles. The van der Waals surface area contributed by atoms with Crippen LogP contribution in [0.25, 0.3) is 0 Å². The van der Waals surface area contributed by atoms with Crippen molar-refractivity contribution in [3.63, 3.8) is 0 Å². The molecule has 0 radical (unpaired) electrons. The van der Waals surface area contributed by atoms with E-state index in [0.717, 1.165) is 23.6 Å². The van der Waals surface area contributed by atoms with Crippen LogP contribution in [0.1, 0.15) is 18.3 Å². The third-order valence-corrected chi connectivity index (χ3v) is 3.37. The zero-order valence-corrected chi connectivity index (χ0v) is 12.8. The van der Waals surface area contributed by atoms with Gasteiger partial charge in [0.2, 0.25) is 0 Å². The van der Waals surface area contributed by atoms with Gasteiger partial charge in [-0.25, -0.2) is 0 Å². The van der Waals surface area contributed by atoms with Gasteiger partial charge in [-0.2, -0.15) is 5.10 Å². The van der Waals surface area contributed by atoms with Gasteiger partial charge in [-0.3, -0.25) is 9.48 Å². The Morgan fingerprint density at radius 3 is 2.81 bits per heavy atom. The largest absolute Gasteiger partial charge is 0.480 e. The van der Waals surface area contributed by atoms with Crippen molar-refractivity contribution in [2.75, 3.05) is 11.4 Å². The molecule has 0 aliphatic heterocycles. The molecular weight excluding hydrogens is 290 g/mol. The van der Waals surface area contributed by atoms with Gasteiger partial charge in [-0.05, 0) is 38.1 Å². The fourth-order valence-electron chi connectivity index (χ4n) is 2.27. The smallest absolute Gasteiger partial charge is 0.323 e. The normalized spacial score (nSPS) is 10.6. The van der Waals surface area contributed by atoms with E-state index in [-0.39, 0.29) is 6.54 Å². The Morgan fingerprint density at radius 1 is 1.43 bits per heavy atom. The molecule has 0 aliphatic carbocycles. The number of carboxylic acid groups (broad SMARTS) is 1. The number of benzene rings is 1. The average Bonchev–Trinajstić information content (AvgIpc) is 2.77. The molecule has 0 saturated carbocycles. The van der Waals surface area contributed by atoms with Crippen molar-refractivity contribution >= 4 is 23.3 Å². The van der Waals surface area contributed by atoms with Crippen molar-refractivity contribution in [1.82, 2.24) is 9.78 Å². The van der Waals surface area contributed by atoms with Crippen LogP contribution in [0.5, 0.6) is 0 Å². The van der Waals surface area contributed by atoms with E-state index in [4.69, 9.17) is 16.7 Å². The SMILES string of the molecule is CCn1nc(C)cc1CN(CC(=O)O)c1cccc(Cl)c1. The molecular formula is C15H18ClN3O2. The number of anilines is 1. The first kappa shape index (κ1) is 15.4. The van der Waals surface area contributed by atoms with Crippen molar-refractivity contribution in [3.05, 3.63) is 46.7 Å². The van der Waals surface area contributed by atoms with E-state index in [1.54, 1.807) is 17.0 Å². The Bertz CT molecular complexity index is 640. The number of aryl methyl sites for hydroxylation is 2. The monoisotopic (exact) mass is 307 g/mol. The van der Waals surface area contributed by atoms with Crippen LogP contribution in [-0.2, 0) is 17.9 Å². The molecule has 6 heteroatoms. The molecule has 0 unspecified atom stereocenters. The van der Waals surface area contributed by atoms with E-state index in [2.05, 4.69) is 5.10 Å². The molecule has 1 N–H and O–H groups in total. The molecule has 2 rings (SSSR count). The average molecular weight is 308 g/mol. The molecule has 5 nitrogen and oxygen atoms in total. The first-order valence-corrected chi connectivity index (χ1v) is 7.13. The van der Waals surface area contributed by atoms with E-state index in [9.17, 15) is 4.79 Å². The van der Waals surface area contributed by atoms with Crippen LogP contribution < -0.4 is 4.90 Å². The van der Waals surface area contributed by atoms with Crippen LogP contribution in [0.15, 0.2) is 30.3 Å². The molecule has 0 spiro atoms. The van der Waals surface area contributed by atoms with Crippen LogP contribution in [0.3, 0.4) is 0 Å². The summed E-state index contributed by atoms with van der Waals surface area (Å²) in [5.41, 5.74) is 2.69. The molecule has 1 aromatic heterocycles. The van der Waals surface area contributed by atoms with Gasteiger partial charge in [0.15, 0.2) is 0 Å². The molecule has 0 fully saturated rings. The minimum absolute atomic E-state index is 0.0890. The predicted molar refractivity (Wildman–Crippen MR) is 82.8 cm³/mol. The van der Waals surface area contributed by atoms with E-state index in [1.165, 1.54) is 0 Å². The van der Waals surface area contributed by atoms with Gasteiger partial charge in [-0.15, -0.1) is 0 Å². The zero-order valence-electron chi connectivity index (χ0n) is 12.1. The highest BCUT2D eigenvalue weighted by Crippen LogP contribution is 2.21. The number of rotatable bonds is 6. The van der Waals surface area contributed by atoms with Crippen molar-refractivity contribution in [2.24, 2.45) is 0 Å². The zero-order chi connectivity index (χ0) is 15.4. The van der Waals surface area contributed by atoms with E-state index >= 15 is 0 Å². The second-order valence-electron chi connectivity index (χ2n) is 4.82. The summed E-state index contributed by atoms with van der Waals surface area (Å²) in [5.74, 6) is -0.880. The fraction of sp³-hybridized carbons (Fsp3) is 0.333. The fourth-order valence-corrected chi connectivity index (χ4v) is 2.45. The molecule has 0 atom stereocenters. The molecule has 0 aliphatic rings. The number of carbonyl (C=O) groups is 1. The number of hydrogen-bond acceptors (Lipinski definition) is 3. The van der Waals surface area contributed by atoms with E-state index < -0.39 is 5.97 Å². The standard InChI is InChI=1S/C15H18ClN3O2/c1-3-19-14(7-11(2)17-19)9-18(10-15(20)21)13-6-4-5-12(16)8-13/h4-8H,3,9-10H2,1-2H3,(H,20,21). The molecule has 1 aromatic carbocycles. The lowest BCUT2D eigenvalue weighted by molar-refractivity contribution is -0.135. The van der Waals surface area contributed by atoms with Gasteiger partial charge in [-0.1, -0.05) is 17.7 Å². The van der Waals surface area contributed by atoms with Crippen LogP contribution in [0.2, 0.25) is 5.02 Å². The third-order valence-electron chi connectivity index (χ3n) is 3.14. The number of hydrogen-bond donors (Lipinski definition) is 1. The van der Waals surface area contributed by atoms with Gasteiger partial charge in [0.05, 0.1) is 17.9 Å². The predicted octanol–water partition coefficient (Wildman–Crippen LogP) is 2.96. The van der Waals surface area contributed by atoms with Gasteiger partial charge < -0.3 is 10.0 Å². The summed E-state index contributed by atoms with van der Waals surface area (Å²) in [7, 11) is 0. The lowest BCUT2D eigenvalue weighted by atomic mass is 10.2. The quantitative estimate of drug-likeness (QED) is 0.891. The first-order chi connectivity index (χ1) is 9.99. The maximum Gasteiger partial charge on any atom is 0.323 e. The maximum absolute atomic E-state index is 11.1. The van der Waals surface area contributed by atoms with Crippen LogP contribution >= 0.6 is 11.6 Å². The minimum atomic E-state index is -0.880. The first-order valence-electron chi connectivity index (χ1n) is 6.75. The van der Waals surface area contributed by atoms with E-state index in [0.29, 0.717) is 11.6 Å². The highest BCUT2D eigenvalue weighted by molar-refractivity contribution is 6.30. The maximum atomic E-state index is 11.1. The Balaban J connectivity index is 2.30. The summed E-state index contributed by atoms with van der Waals surface area (Å²) < 4.78 is 1.88. The second-order valence-corrected chi connectivity index (χ2v) is 5.26.